The molecule has 3 aromatic carbocycles. The third-order valence-corrected chi connectivity index (χ3v) is 6.25. The van der Waals surface area contributed by atoms with Crippen LogP contribution in [0.15, 0.2) is 96.4 Å². The molecule has 3 aromatic rings. The second kappa shape index (κ2) is 8.68. The van der Waals surface area contributed by atoms with Crippen LogP contribution in [0.3, 0.4) is 0 Å². The first-order valence-electron chi connectivity index (χ1n) is 9.71. The van der Waals surface area contributed by atoms with Gasteiger partial charge in [-0.3, -0.25) is 4.79 Å². The molecule has 0 bridgehead atoms. The van der Waals surface area contributed by atoms with E-state index in [0.717, 1.165) is 22.6 Å². The average molecular weight is 401 g/mol. The van der Waals surface area contributed by atoms with Crippen molar-refractivity contribution in [2.45, 2.75) is 17.4 Å². The highest BCUT2D eigenvalue weighted by molar-refractivity contribution is 7.99. The SMILES string of the molecule is C=CCSc1ccccc1CN(C)N1C(=O)[C@H](c2ccccc2)c2ccccc21. The standard InChI is InChI=1S/C25H24N2OS/c1-3-17-29-23-16-10-7-13-20(23)18-26(2)27-22-15-9-8-14-21(22)24(25(27)28)19-11-5-4-6-12-19/h3-16,24H,1,17-18H2,2H3/t24-/m1/s1. The lowest BCUT2D eigenvalue weighted by Crippen LogP contribution is -2.42. The molecule has 0 fully saturated rings. The van der Waals surface area contributed by atoms with E-state index in [0.29, 0.717) is 6.54 Å². The summed E-state index contributed by atoms with van der Waals surface area (Å²) < 4.78 is 0. The van der Waals surface area contributed by atoms with Crippen LogP contribution in [0.2, 0.25) is 0 Å². The Morgan fingerprint density at radius 3 is 2.48 bits per heavy atom. The number of anilines is 1. The molecular weight excluding hydrogens is 376 g/mol. The molecule has 1 amide bonds. The van der Waals surface area contributed by atoms with Gasteiger partial charge in [0.1, 0.15) is 0 Å². The van der Waals surface area contributed by atoms with Crippen LogP contribution in [-0.2, 0) is 11.3 Å². The quantitative estimate of drug-likeness (QED) is 0.387. The number of hydrogen-bond donors (Lipinski definition) is 0. The number of carbonyl (C=O) groups is 1. The number of benzene rings is 3. The Hall–Kier alpha value is -2.82. The smallest absolute Gasteiger partial charge is 0.253 e. The van der Waals surface area contributed by atoms with Gasteiger partial charge < -0.3 is 0 Å². The van der Waals surface area contributed by atoms with Crippen molar-refractivity contribution >= 4 is 23.4 Å². The second-order valence-corrected chi connectivity index (χ2v) is 8.14. The normalized spacial score (nSPS) is 15.6. The molecule has 1 aliphatic rings. The molecule has 0 saturated carbocycles. The molecule has 1 heterocycles. The number of para-hydroxylation sites is 1. The average Bonchev–Trinajstić information content (AvgIpc) is 3.05. The van der Waals surface area contributed by atoms with Crippen molar-refractivity contribution in [3.63, 3.8) is 0 Å². The minimum atomic E-state index is -0.264. The van der Waals surface area contributed by atoms with Crippen molar-refractivity contribution < 1.29 is 4.79 Å². The predicted octanol–water partition coefficient (Wildman–Crippen LogP) is 5.49. The van der Waals surface area contributed by atoms with E-state index in [2.05, 4.69) is 30.8 Å². The topological polar surface area (TPSA) is 23.6 Å². The van der Waals surface area contributed by atoms with Gasteiger partial charge in [-0.1, -0.05) is 72.8 Å². The summed E-state index contributed by atoms with van der Waals surface area (Å²) in [5.74, 6) is 0.693. The Kier molecular flexibility index (Phi) is 5.84. The summed E-state index contributed by atoms with van der Waals surface area (Å²) in [7, 11) is 1.98. The molecule has 3 nitrogen and oxygen atoms in total. The zero-order chi connectivity index (χ0) is 20.2. The van der Waals surface area contributed by atoms with Gasteiger partial charge in [0.2, 0.25) is 0 Å². The van der Waals surface area contributed by atoms with E-state index in [1.54, 1.807) is 11.8 Å². The van der Waals surface area contributed by atoms with Gasteiger partial charge in [-0.15, -0.1) is 18.3 Å². The number of thioether (sulfide) groups is 1. The summed E-state index contributed by atoms with van der Waals surface area (Å²) >= 11 is 1.77. The molecule has 0 spiro atoms. The van der Waals surface area contributed by atoms with Gasteiger partial charge in [0.05, 0.1) is 11.6 Å². The van der Waals surface area contributed by atoms with Crippen molar-refractivity contribution in [2.24, 2.45) is 0 Å². The molecule has 0 unspecified atom stereocenters. The molecule has 146 valence electrons. The molecular formula is C25H24N2OS. The first-order valence-corrected chi connectivity index (χ1v) is 10.7. The van der Waals surface area contributed by atoms with E-state index >= 15 is 0 Å². The summed E-state index contributed by atoms with van der Waals surface area (Å²) in [6, 6.07) is 26.5. The minimum Gasteiger partial charge on any atom is -0.272 e. The lowest BCUT2D eigenvalue weighted by molar-refractivity contribution is -0.121. The molecule has 4 heteroatoms. The van der Waals surface area contributed by atoms with Crippen LogP contribution in [0, 0.1) is 0 Å². The summed E-state index contributed by atoms with van der Waals surface area (Å²) in [5, 5.41) is 3.86. The number of hydrazine groups is 1. The summed E-state index contributed by atoms with van der Waals surface area (Å²) in [5.41, 5.74) is 4.26. The maximum Gasteiger partial charge on any atom is 0.253 e. The van der Waals surface area contributed by atoms with E-state index in [1.807, 2.05) is 77.7 Å². The third kappa shape index (κ3) is 3.86. The van der Waals surface area contributed by atoms with Crippen LogP contribution in [-0.4, -0.2) is 23.7 Å². The van der Waals surface area contributed by atoms with Crippen LogP contribution in [0.4, 0.5) is 5.69 Å². The second-order valence-electron chi connectivity index (χ2n) is 7.08. The first-order chi connectivity index (χ1) is 14.2. The first kappa shape index (κ1) is 19.5. The molecule has 1 atom stereocenters. The minimum absolute atomic E-state index is 0.0936. The predicted molar refractivity (Wildman–Crippen MR) is 121 cm³/mol. The summed E-state index contributed by atoms with van der Waals surface area (Å²) in [4.78, 5) is 14.7. The monoisotopic (exact) mass is 400 g/mol. The highest BCUT2D eigenvalue weighted by atomic mass is 32.2. The zero-order valence-electron chi connectivity index (χ0n) is 16.5. The summed E-state index contributed by atoms with van der Waals surface area (Å²) in [6.45, 7) is 4.47. The van der Waals surface area contributed by atoms with E-state index in [-0.39, 0.29) is 11.8 Å². The Labute approximate surface area is 176 Å². The van der Waals surface area contributed by atoms with Gasteiger partial charge in [0.15, 0.2) is 0 Å². The van der Waals surface area contributed by atoms with Gasteiger partial charge >= 0.3 is 0 Å². The van der Waals surface area contributed by atoms with E-state index < -0.39 is 0 Å². The van der Waals surface area contributed by atoms with E-state index in [1.165, 1.54) is 10.5 Å². The van der Waals surface area contributed by atoms with Crippen molar-refractivity contribution in [2.75, 3.05) is 17.8 Å². The van der Waals surface area contributed by atoms with Gasteiger partial charge in [-0.2, -0.15) is 0 Å². The Balaban J connectivity index is 1.65. The van der Waals surface area contributed by atoms with Crippen LogP contribution >= 0.6 is 11.8 Å². The molecule has 29 heavy (non-hydrogen) atoms. The number of fused-ring (bicyclic) bond motifs is 1. The van der Waals surface area contributed by atoms with Gasteiger partial charge in [0.25, 0.3) is 5.91 Å². The Morgan fingerprint density at radius 1 is 1.00 bits per heavy atom. The van der Waals surface area contributed by atoms with E-state index in [9.17, 15) is 4.79 Å². The molecule has 0 aliphatic carbocycles. The number of hydrogen-bond acceptors (Lipinski definition) is 3. The van der Waals surface area contributed by atoms with Crippen LogP contribution < -0.4 is 5.01 Å². The third-order valence-electron chi connectivity index (χ3n) is 5.13. The lowest BCUT2D eigenvalue weighted by Gasteiger charge is -2.29. The van der Waals surface area contributed by atoms with Crippen molar-refractivity contribution in [1.82, 2.24) is 5.01 Å². The lowest BCUT2D eigenvalue weighted by atomic mass is 9.93. The summed E-state index contributed by atoms with van der Waals surface area (Å²) in [6.07, 6.45) is 1.91. The molecule has 0 aromatic heterocycles. The fraction of sp³-hybridized carbons (Fsp3) is 0.160. The highest BCUT2D eigenvalue weighted by Crippen LogP contribution is 2.42. The maximum absolute atomic E-state index is 13.5. The number of nitrogens with zero attached hydrogens (tertiary/aromatic N) is 2. The fourth-order valence-corrected chi connectivity index (χ4v) is 4.65. The maximum atomic E-state index is 13.5. The Morgan fingerprint density at radius 2 is 1.69 bits per heavy atom. The van der Waals surface area contributed by atoms with Crippen molar-refractivity contribution in [1.29, 1.82) is 0 Å². The molecule has 0 radical (unpaired) electrons. The molecule has 4 rings (SSSR count). The number of rotatable bonds is 7. The molecule has 1 aliphatic heterocycles. The number of amides is 1. The van der Waals surface area contributed by atoms with Gasteiger partial charge in [-0.25, -0.2) is 10.0 Å². The van der Waals surface area contributed by atoms with Crippen LogP contribution in [0.1, 0.15) is 22.6 Å². The van der Waals surface area contributed by atoms with E-state index in [4.69, 9.17) is 0 Å². The van der Waals surface area contributed by atoms with Crippen LogP contribution in [0.25, 0.3) is 0 Å². The van der Waals surface area contributed by atoms with Gasteiger partial charge in [0, 0.05) is 24.2 Å². The van der Waals surface area contributed by atoms with Gasteiger partial charge in [-0.05, 0) is 28.8 Å². The zero-order valence-corrected chi connectivity index (χ0v) is 17.3. The number of carbonyl (C=O) groups excluding carboxylic acids is 1. The van der Waals surface area contributed by atoms with Crippen molar-refractivity contribution in [3.05, 3.63) is 108 Å². The van der Waals surface area contributed by atoms with Crippen LogP contribution in [0.5, 0.6) is 0 Å². The highest BCUT2D eigenvalue weighted by Gasteiger charge is 2.40. The fourth-order valence-electron chi connectivity index (χ4n) is 3.86. The van der Waals surface area contributed by atoms with Crippen molar-refractivity contribution in [3.8, 4) is 0 Å². The Bertz CT molecular complexity index is 1020. The molecule has 0 N–H and O–H groups in total. The molecule has 0 saturated heterocycles. The largest absolute Gasteiger partial charge is 0.272 e.